The van der Waals surface area contributed by atoms with Crippen LogP contribution in [0, 0.1) is 18.8 Å². The van der Waals surface area contributed by atoms with E-state index in [0.717, 1.165) is 11.1 Å². The van der Waals surface area contributed by atoms with Gasteiger partial charge in [0.2, 0.25) is 0 Å². The SMILES string of the molecule is COC(=O)c1ccc(C#C/C=C/c2ccccc2-c2ccc(C)cc2)cc1. The Kier molecular flexibility index (Phi) is 5.87. The lowest BCUT2D eigenvalue weighted by atomic mass is 9.98. The van der Waals surface area contributed by atoms with E-state index in [0.29, 0.717) is 5.56 Å². The lowest BCUT2D eigenvalue weighted by Crippen LogP contribution is -2.00. The maximum atomic E-state index is 11.4. The van der Waals surface area contributed by atoms with E-state index >= 15 is 0 Å². The third kappa shape index (κ3) is 4.74. The van der Waals surface area contributed by atoms with Crippen LogP contribution in [0.15, 0.2) is 78.9 Å². The Bertz CT molecular complexity index is 1010. The number of aryl methyl sites for hydroxylation is 1. The summed E-state index contributed by atoms with van der Waals surface area (Å²) in [5.74, 6) is 5.79. The minimum atomic E-state index is -0.345. The number of benzene rings is 3. The number of methoxy groups -OCH3 is 1. The first kappa shape index (κ1) is 18.2. The van der Waals surface area contributed by atoms with Gasteiger partial charge in [0.1, 0.15) is 0 Å². The third-order valence-electron chi connectivity index (χ3n) is 4.19. The fraction of sp³-hybridized carbons (Fsp3) is 0.0800. The molecular weight excluding hydrogens is 332 g/mol. The van der Waals surface area contributed by atoms with Crippen molar-refractivity contribution < 1.29 is 9.53 Å². The van der Waals surface area contributed by atoms with E-state index in [1.165, 1.54) is 23.8 Å². The molecule has 3 rings (SSSR count). The number of carbonyl (C=O) groups excluding carboxylic acids is 1. The molecule has 0 fully saturated rings. The molecule has 0 spiro atoms. The molecule has 0 unspecified atom stereocenters. The quantitative estimate of drug-likeness (QED) is 0.459. The van der Waals surface area contributed by atoms with E-state index in [4.69, 9.17) is 4.74 Å². The molecule has 0 saturated carbocycles. The van der Waals surface area contributed by atoms with Crippen molar-refractivity contribution in [1.82, 2.24) is 0 Å². The van der Waals surface area contributed by atoms with Crippen molar-refractivity contribution in [1.29, 1.82) is 0 Å². The van der Waals surface area contributed by atoms with Gasteiger partial charge in [0.15, 0.2) is 0 Å². The van der Waals surface area contributed by atoms with Gasteiger partial charge in [-0.1, -0.05) is 65.9 Å². The van der Waals surface area contributed by atoms with Crippen molar-refractivity contribution in [2.75, 3.05) is 7.11 Å². The zero-order valence-corrected chi connectivity index (χ0v) is 15.4. The zero-order valence-electron chi connectivity index (χ0n) is 15.4. The zero-order chi connectivity index (χ0) is 19.1. The Morgan fingerprint density at radius 3 is 2.33 bits per heavy atom. The molecule has 0 saturated heterocycles. The second kappa shape index (κ2) is 8.69. The first-order valence-corrected chi connectivity index (χ1v) is 8.70. The molecule has 0 atom stereocenters. The molecule has 0 aromatic heterocycles. The van der Waals surface area contributed by atoms with Crippen LogP contribution in [0.25, 0.3) is 17.2 Å². The summed E-state index contributed by atoms with van der Waals surface area (Å²) in [6, 6.07) is 23.8. The largest absolute Gasteiger partial charge is 0.465 e. The van der Waals surface area contributed by atoms with Crippen LogP contribution in [0.3, 0.4) is 0 Å². The van der Waals surface area contributed by atoms with E-state index in [-0.39, 0.29) is 5.97 Å². The number of rotatable bonds is 3. The Balaban J connectivity index is 1.77. The molecule has 3 aromatic carbocycles. The van der Waals surface area contributed by atoms with Crippen LogP contribution in [-0.4, -0.2) is 13.1 Å². The van der Waals surface area contributed by atoms with Gasteiger partial charge in [-0.05, 0) is 60.0 Å². The van der Waals surface area contributed by atoms with Gasteiger partial charge < -0.3 is 4.74 Å². The molecule has 0 aliphatic rings. The maximum Gasteiger partial charge on any atom is 0.337 e. The summed E-state index contributed by atoms with van der Waals surface area (Å²) in [5.41, 5.74) is 6.10. The fourth-order valence-electron chi connectivity index (χ4n) is 2.70. The Labute approximate surface area is 160 Å². The van der Waals surface area contributed by atoms with Gasteiger partial charge in [-0.25, -0.2) is 4.79 Å². The summed E-state index contributed by atoms with van der Waals surface area (Å²) in [6.07, 6.45) is 3.87. The van der Waals surface area contributed by atoms with Crippen LogP contribution < -0.4 is 0 Å². The first-order chi connectivity index (χ1) is 13.2. The van der Waals surface area contributed by atoms with Gasteiger partial charge in [0, 0.05) is 5.56 Å². The highest BCUT2D eigenvalue weighted by atomic mass is 16.5. The van der Waals surface area contributed by atoms with Crippen molar-refractivity contribution in [3.05, 3.63) is 101 Å². The van der Waals surface area contributed by atoms with Gasteiger partial charge in [-0.15, -0.1) is 0 Å². The molecule has 132 valence electrons. The first-order valence-electron chi connectivity index (χ1n) is 8.70. The van der Waals surface area contributed by atoms with E-state index in [9.17, 15) is 4.79 Å². The monoisotopic (exact) mass is 352 g/mol. The van der Waals surface area contributed by atoms with E-state index < -0.39 is 0 Å². The second-order valence-electron chi connectivity index (χ2n) is 6.12. The predicted molar refractivity (Wildman–Crippen MR) is 110 cm³/mol. The number of allylic oxidation sites excluding steroid dienone is 1. The number of ether oxygens (including phenoxy) is 1. The highest BCUT2D eigenvalue weighted by Crippen LogP contribution is 2.24. The van der Waals surface area contributed by atoms with Gasteiger partial charge in [0.05, 0.1) is 12.7 Å². The average molecular weight is 352 g/mol. The Morgan fingerprint density at radius 1 is 0.926 bits per heavy atom. The molecule has 27 heavy (non-hydrogen) atoms. The lowest BCUT2D eigenvalue weighted by molar-refractivity contribution is 0.0600. The molecule has 0 heterocycles. The van der Waals surface area contributed by atoms with Crippen molar-refractivity contribution in [3.8, 4) is 23.0 Å². The Morgan fingerprint density at radius 2 is 1.63 bits per heavy atom. The molecule has 3 aromatic rings. The molecule has 0 N–H and O–H groups in total. The molecule has 0 bridgehead atoms. The van der Waals surface area contributed by atoms with Crippen LogP contribution in [0.2, 0.25) is 0 Å². The minimum absolute atomic E-state index is 0.345. The molecule has 0 aliphatic heterocycles. The lowest BCUT2D eigenvalue weighted by Gasteiger charge is -2.06. The van der Waals surface area contributed by atoms with Crippen LogP contribution in [0.4, 0.5) is 0 Å². The number of esters is 1. The molecule has 0 amide bonds. The summed E-state index contributed by atoms with van der Waals surface area (Å²) < 4.78 is 4.69. The fourth-order valence-corrected chi connectivity index (χ4v) is 2.70. The molecule has 0 aliphatic carbocycles. The molecule has 0 radical (unpaired) electrons. The van der Waals surface area contributed by atoms with Gasteiger partial charge >= 0.3 is 5.97 Å². The maximum absolute atomic E-state index is 11.4. The second-order valence-corrected chi connectivity index (χ2v) is 6.12. The van der Waals surface area contributed by atoms with Gasteiger partial charge in [-0.2, -0.15) is 0 Å². The standard InChI is InChI=1S/C25H20O2/c1-19-11-15-22(16-12-19)24-10-6-5-9-21(24)8-4-3-7-20-13-17-23(18-14-20)25(26)27-2/h4-6,8-18H,1-2H3/b8-4+. The van der Waals surface area contributed by atoms with E-state index in [2.05, 4.69) is 55.2 Å². The van der Waals surface area contributed by atoms with Crippen molar-refractivity contribution in [2.45, 2.75) is 6.92 Å². The topological polar surface area (TPSA) is 26.3 Å². The van der Waals surface area contributed by atoms with Crippen molar-refractivity contribution >= 4 is 12.0 Å². The summed E-state index contributed by atoms with van der Waals surface area (Å²) in [6.45, 7) is 2.09. The van der Waals surface area contributed by atoms with Crippen molar-refractivity contribution in [2.24, 2.45) is 0 Å². The summed E-state index contributed by atoms with van der Waals surface area (Å²) in [7, 11) is 1.37. The normalized spacial score (nSPS) is 10.3. The van der Waals surface area contributed by atoms with E-state index in [1.54, 1.807) is 12.1 Å². The number of hydrogen-bond acceptors (Lipinski definition) is 2. The van der Waals surface area contributed by atoms with Crippen molar-refractivity contribution in [3.63, 3.8) is 0 Å². The highest BCUT2D eigenvalue weighted by molar-refractivity contribution is 5.89. The van der Waals surface area contributed by atoms with Gasteiger partial charge in [0.25, 0.3) is 0 Å². The van der Waals surface area contributed by atoms with Crippen LogP contribution >= 0.6 is 0 Å². The summed E-state index contributed by atoms with van der Waals surface area (Å²) >= 11 is 0. The Hall–Kier alpha value is -3.57. The highest BCUT2D eigenvalue weighted by Gasteiger charge is 2.03. The molecule has 2 heteroatoms. The molecular formula is C25H20O2. The summed E-state index contributed by atoms with van der Waals surface area (Å²) in [5, 5.41) is 0. The number of carbonyl (C=O) groups is 1. The van der Waals surface area contributed by atoms with Crippen LogP contribution in [-0.2, 0) is 4.74 Å². The van der Waals surface area contributed by atoms with E-state index in [1.807, 2.05) is 36.4 Å². The predicted octanol–water partition coefficient (Wildman–Crippen LogP) is 5.51. The average Bonchev–Trinajstić information content (AvgIpc) is 2.72. The van der Waals surface area contributed by atoms with Crippen LogP contribution in [0.1, 0.15) is 27.0 Å². The third-order valence-corrected chi connectivity index (χ3v) is 4.19. The van der Waals surface area contributed by atoms with Gasteiger partial charge in [-0.3, -0.25) is 0 Å². The van der Waals surface area contributed by atoms with Crippen LogP contribution in [0.5, 0.6) is 0 Å². The summed E-state index contributed by atoms with van der Waals surface area (Å²) in [4.78, 5) is 11.4. The smallest absolute Gasteiger partial charge is 0.337 e. The number of hydrogen-bond donors (Lipinski definition) is 0. The molecule has 2 nitrogen and oxygen atoms in total. The minimum Gasteiger partial charge on any atom is -0.465 e.